The van der Waals surface area contributed by atoms with Crippen molar-refractivity contribution >= 4 is 5.91 Å². The van der Waals surface area contributed by atoms with Crippen LogP contribution >= 0.6 is 0 Å². The standard InChI is InChI=1S/C21H28N2O/c1-21(2,16-23(3)4)15-22-20(24)14-17-10-12-19(13-11-17)18-8-6-5-7-9-18/h5-13H,14-16H2,1-4H3,(H,22,24). The van der Waals surface area contributed by atoms with Gasteiger partial charge >= 0.3 is 0 Å². The first-order chi connectivity index (χ1) is 11.4. The molecule has 0 aliphatic rings. The number of amides is 1. The van der Waals surface area contributed by atoms with Crippen molar-refractivity contribution in [1.29, 1.82) is 0 Å². The monoisotopic (exact) mass is 324 g/mol. The van der Waals surface area contributed by atoms with Crippen LogP contribution in [0.5, 0.6) is 0 Å². The van der Waals surface area contributed by atoms with E-state index in [1.807, 2.05) is 30.3 Å². The van der Waals surface area contributed by atoms with Gasteiger partial charge in [0.2, 0.25) is 5.91 Å². The number of rotatable bonds is 7. The Hall–Kier alpha value is -2.13. The minimum atomic E-state index is 0.0658. The van der Waals surface area contributed by atoms with Gasteiger partial charge in [-0.1, -0.05) is 68.4 Å². The van der Waals surface area contributed by atoms with E-state index in [-0.39, 0.29) is 11.3 Å². The van der Waals surface area contributed by atoms with Crippen molar-refractivity contribution in [1.82, 2.24) is 10.2 Å². The fraction of sp³-hybridized carbons (Fsp3) is 0.381. The molecule has 0 aromatic heterocycles. The molecule has 1 N–H and O–H groups in total. The summed E-state index contributed by atoms with van der Waals surface area (Å²) >= 11 is 0. The summed E-state index contributed by atoms with van der Waals surface area (Å²) in [5.41, 5.74) is 3.47. The summed E-state index contributed by atoms with van der Waals surface area (Å²) < 4.78 is 0. The molecule has 0 unspecified atom stereocenters. The molecule has 0 aliphatic heterocycles. The third-order valence-corrected chi connectivity index (χ3v) is 3.93. The highest BCUT2D eigenvalue weighted by molar-refractivity contribution is 5.78. The van der Waals surface area contributed by atoms with Crippen molar-refractivity contribution in [3.8, 4) is 11.1 Å². The van der Waals surface area contributed by atoms with Crippen LogP contribution in [0.15, 0.2) is 54.6 Å². The van der Waals surface area contributed by atoms with Gasteiger partial charge in [-0.2, -0.15) is 0 Å². The summed E-state index contributed by atoms with van der Waals surface area (Å²) in [4.78, 5) is 14.3. The minimum Gasteiger partial charge on any atom is -0.355 e. The van der Waals surface area contributed by atoms with Crippen LogP contribution in [0.4, 0.5) is 0 Å². The zero-order valence-electron chi connectivity index (χ0n) is 15.2. The first-order valence-corrected chi connectivity index (χ1v) is 8.41. The van der Waals surface area contributed by atoms with E-state index in [0.29, 0.717) is 13.0 Å². The van der Waals surface area contributed by atoms with Crippen molar-refractivity contribution in [2.24, 2.45) is 5.41 Å². The van der Waals surface area contributed by atoms with Gasteiger partial charge in [0.05, 0.1) is 6.42 Å². The van der Waals surface area contributed by atoms with Gasteiger partial charge in [0.25, 0.3) is 0 Å². The summed E-state index contributed by atoms with van der Waals surface area (Å²) in [6.07, 6.45) is 0.424. The number of nitrogens with zero attached hydrogens (tertiary/aromatic N) is 1. The van der Waals surface area contributed by atoms with Crippen LogP contribution in [0.1, 0.15) is 19.4 Å². The maximum Gasteiger partial charge on any atom is 0.224 e. The van der Waals surface area contributed by atoms with E-state index >= 15 is 0 Å². The third kappa shape index (κ3) is 5.82. The van der Waals surface area contributed by atoms with E-state index in [1.54, 1.807) is 0 Å². The number of carbonyl (C=O) groups is 1. The predicted octanol–water partition coefficient (Wildman–Crippen LogP) is 3.60. The second-order valence-corrected chi connectivity index (χ2v) is 7.42. The zero-order chi connectivity index (χ0) is 17.6. The average Bonchev–Trinajstić information content (AvgIpc) is 2.53. The molecule has 0 radical (unpaired) electrons. The van der Waals surface area contributed by atoms with Crippen LogP contribution in [0, 0.1) is 5.41 Å². The van der Waals surface area contributed by atoms with Gasteiger partial charge in [0.15, 0.2) is 0 Å². The minimum absolute atomic E-state index is 0.0658. The SMILES string of the molecule is CN(C)CC(C)(C)CNC(=O)Cc1ccc(-c2ccccc2)cc1. The fourth-order valence-electron chi connectivity index (χ4n) is 2.94. The van der Waals surface area contributed by atoms with E-state index in [2.05, 4.69) is 62.4 Å². The summed E-state index contributed by atoms with van der Waals surface area (Å²) in [5.74, 6) is 0.0780. The summed E-state index contributed by atoms with van der Waals surface area (Å²) in [6.45, 7) is 5.97. The second kappa shape index (κ2) is 8.11. The number of benzene rings is 2. The first-order valence-electron chi connectivity index (χ1n) is 8.41. The molecule has 1 amide bonds. The maximum absolute atomic E-state index is 12.2. The lowest BCUT2D eigenvalue weighted by Gasteiger charge is -2.28. The van der Waals surface area contributed by atoms with Crippen molar-refractivity contribution in [2.45, 2.75) is 20.3 Å². The Kier molecular flexibility index (Phi) is 6.16. The predicted molar refractivity (Wildman–Crippen MR) is 101 cm³/mol. The summed E-state index contributed by atoms with van der Waals surface area (Å²) in [7, 11) is 4.11. The lowest BCUT2D eigenvalue weighted by atomic mass is 9.93. The van der Waals surface area contributed by atoms with E-state index in [1.165, 1.54) is 11.1 Å². The molecular formula is C21H28N2O. The van der Waals surface area contributed by atoms with Crippen molar-refractivity contribution < 1.29 is 4.79 Å². The molecule has 3 nitrogen and oxygen atoms in total. The van der Waals surface area contributed by atoms with E-state index in [9.17, 15) is 4.79 Å². The van der Waals surface area contributed by atoms with Crippen LogP contribution in [0.25, 0.3) is 11.1 Å². The Morgan fingerprint density at radius 2 is 1.54 bits per heavy atom. The van der Waals surface area contributed by atoms with Gasteiger partial charge in [-0.25, -0.2) is 0 Å². The quantitative estimate of drug-likeness (QED) is 0.844. The third-order valence-electron chi connectivity index (χ3n) is 3.93. The average molecular weight is 324 g/mol. The maximum atomic E-state index is 12.2. The van der Waals surface area contributed by atoms with Crippen LogP contribution in [-0.2, 0) is 11.2 Å². The van der Waals surface area contributed by atoms with Crippen molar-refractivity contribution in [2.75, 3.05) is 27.2 Å². The van der Waals surface area contributed by atoms with E-state index in [0.717, 1.165) is 12.1 Å². The van der Waals surface area contributed by atoms with Gasteiger partial charge in [-0.3, -0.25) is 4.79 Å². The largest absolute Gasteiger partial charge is 0.355 e. The highest BCUT2D eigenvalue weighted by Crippen LogP contribution is 2.19. The van der Waals surface area contributed by atoms with Crippen LogP contribution in [0.3, 0.4) is 0 Å². The number of hydrogen-bond donors (Lipinski definition) is 1. The Bertz CT molecular complexity index is 645. The van der Waals surface area contributed by atoms with Gasteiger partial charge in [0.1, 0.15) is 0 Å². The molecule has 128 valence electrons. The molecule has 2 rings (SSSR count). The van der Waals surface area contributed by atoms with Crippen LogP contribution < -0.4 is 5.32 Å². The molecule has 24 heavy (non-hydrogen) atoms. The highest BCUT2D eigenvalue weighted by Gasteiger charge is 2.19. The Labute approximate surface area is 145 Å². The van der Waals surface area contributed by atoms with Crippen molar-refractivity contribution in [3.05, 3.63) is 60.2 Å². The molecule has 0 heterocycles. The fourth-order valence-corrected chi connectivity index (χ4v) is 2.94. The van der Waals surface area contributed by atoms with Gasteiger partial charge < -0.3 is 10.2 Å². The number of nitrogens with one attached hydrogen (secondary N) is 1. The molecule has 0 fully saturated rings. The van der Waals surface area contributed by atoms with E-state index < -0.39 is 0 Å². The normalized spacial score (nSPS) is 11.5. The molecule has 0 aliphatic carbocycles. The van der Waals surface area contributed by atoms with Gasteiger partial charge in [-0.05, 0) is 36.2 Å². The molecule has 2 aromatic carbocycles. The smallest absolute Gasteiger partial charge is 0.224 e. The Morgan fingerprint density at radius 3 is 2.12 bits per heavy atom. The van der Waals surface area contributed by atoms with Gasteiger partial charge in [-0.15, -0.1) is 0 Å². The lowest BCUT2D eigenvalue weighted by molar-refractivity contribution is -0.120. The van der Waals surface area contributed by atoms with E-state index in [4.69, 9.17) is 0 Å². The zero-order valence-corrected chi connectivity index (χ0v) is 15.2. The van der Waals surface area contributed by atoms with Crippen LogP contribution in [0.2, 0.25) is 0 Å². The van der Waals surface area contributed by atoms with Crippen LogP contribution in [-0.4, -0.2) is 38.0 Å². The molecule has 0 atom stereocenters. The molecule has 0 saturated carbocycles. The Balaban J connectivity index is 1.88. The van der Waals surface area contributed by atoms with Gasteiger partial charge in [0, 0.05) is 13.1 Å². The molecule has 0 bridgehead atoms. The summed E-state index contributed by atoms with van der Waals surface area (Å²) in [5, 5.41) is 3.06. The van der Waals surface area contributed by atoms with Crippen molar-refractivity contribution in [3.63, 3.8) is 0 Å². The first kappa shape index (κ1) is 18.2. The molecule has 2 aromatic rings. The molecule has 0 spiro atoms. The highest BCUT2D eigenvalue weighted by atomic mass is 16.1. The summed E-state index contributed by atoms with van der Waals surface area (Å²) in [6, 6.07) is 18.5. The topological polar surface area (TPSA) is 32.3 Å². The second-order valence-electron chi connectivity index (χ2n) is 7.42. The molecule has 0 saturated heterocycles. The number of hydrogen-bond acceptors (Lipinski definition) is 2. The number of carbonyl (C=O) groups excluding carboxylic acids is 1. The lowest BCUT2D eigenvalue weighted by Crippen LogP contribution is -2.40. The molecular weight excluding hydrogens is 296 g/mol. The molecule has 3 heteroatoms. The Morgan fingerprint density at radius 1 is 0.958 bits per heavy atom.